The van der Waals surface area contributed by atoms with Crippen molar-refractivity contribution in [2.24, 2.45) is 5.92 Å². The maximum absolute atomic E-state index is 12.0. The Morgan fingerprint density at radius 2 is 2.06 bits per heavy atom. The maximum Gasteiger partial charge on any atom is 0.237 e. The Balaban J connectivity index is 2.32. The predicted molar refractivity (Wildman–Crippen MR) is 71.0 cm³/mol. The minimum atomic E-state index is -0.0146. The molecule has 2 N–H and O–H groups in total. The van der Waals surface area contributed by atoms with Crippen LogP contribution in [0.25, 0.3) is 0 Å². The van der Waals surface area contributed by atoms with Crippen LogP contribution in [-0.2, 0) is 4.79 Å². The Morgan fingerprint density at radius 1 is 1.41 bits per heavy atom. The highest BCUT2D eigenvalue weighted by atomic mass is 16.2. The van der Waals surface area contributed by atoms with E-state index >= 15 is 0 Å². The van der Waals surface area contributed by atoms with Gasteiger partial charge in [0.15, 0.2) is 0 Å². The highest BCUT2D eigenvalue weighted by molar-refractivity contribution is 5.81. The van der Waals surface area contributed by atoms with Gasteiger partial charge in [0.2, 0.25) is 5.91 Å². The molecule has 1 fully saturated rings. The molecular weight excluding hydrogens is 214 g/mol. The molecule has 1 rings (SSSR count). The van der Waals surface area contributed by atoms with Gasteiger partial charge in [-0.05, 0) is 25.8 Å². The lowest BCUT2D eigenvalue weighted by Crippen LogP contribution is -2.61. The summed E-state index contributed by atoms with van der Waals surface area (Å²) in [6, 6.07) is 0.519. The Morgan fingerprint density at radius 3 is 2.47 bits per heavy atom. The molecule has 4 nitrogen and oxygen atoms in total. The van der Waals surface area contributed by atoms with Crippen molar-refractivity contribution in [2.75, 3.05) is 26.2 Å². The van der Waals surface area contributed by atoms with Crippen LogP contribution < -0.4 is 10.6 Å². The molecule has 1 saturated heterocycles. The number of rotatable bonds is 7. The first-order valence-corrected chi connectivity index (χ1v) is 6.80. The van der Waals surface area contributed by atoms with Crippen LogP contribution in [0.15, 0.2) is 0 Å². The van der Waals surface area contributed by atoms with Gasteiger partial charge in [0.05, 0.1) is 6.04 Å². The van der Waals surface area contributed by atoms with E-state index in [1.807, 2.05) is 6.92 Å². The van der Waals surface area contributed by atoms with Crippen LogP contribution in [0.5, 0.6) is 0 Å². The third kappa shape index (κ3) is 4.28. The lowest BCUT2D eigenvalue weighted by atomic mass is 10.1. The molecule has 0 spiro atoms. The standard InChI is InChI=1S/C13H27N3O/c1-5-16(12-8-14-9-12)11(4)13(17)15-7-6-10(2)3/h10-12,14H,5-9H2,1-4H3,(H,15,17). The number of amides is 1. The van der Waals surface area contributed by atoms with Crippen LogP contribution in [0, 0.1) is 5.92 Å². The molecule has 0 radical (unpaired) electrons. The molecule has 0 aromatic rings. The van der Waals surface area contributed by atoms with Crippen molar-refractivity contribution in [1.29, 1.82) is 0 Å². The minimum absolute atomic E-state index is 0.0146. The van der Waals surface area contributed by atoms with Crippen molar-refractivity contribution >= 4 is 5.91 Å². The van der Waals surface area contributed by atoms with Crippen molar-refractivity contribution in [1.82, 2.24) is 15.5 Å². The summed E-state index contributed by atoms with van der Waals surface area (Å²) in [5.74, 6) is 0.808. The number of nitrogens with zero attached hydrogens (tertiary/aromatic N) is 1. The monoisotopic (exact) mass is 241 g/mol. The summed E-state index contributed by atoms with van der Waals surface area (Å²) in [4.78, 5) is 14.3. The molecular formula is C13H27N3O. The fourth-order valence-corrected chi connectivity index (χ4v) is 2.14. The van der Waals surface area contributed by atoms with Crippen molar-refractivity contribution < 1.29 is 4.79 Å². The van der Waals surface area contributed by atoms with Gasteiger partial charge in [0.25, 0.3) is 0 Å². The van der Waals surface area contributed by atoms with Crippen molar-refractivity contribution in [2.45, 2.75) is 46.2 Å². The zero-order chi connectivity index (χ0) is 12.8. The number of hydrogen-bond acceptors (Lipinski definition) is 3. The van der Waals surface area contributed by atoms with Crippen molar-refractivity contribution in [3.63, 3.8) is 0 Å². The third-order valence-electron chi connectivity index (χ3n) is 3.49. The summed E-state index contributed by atoms with van der Waals surface area (Å²) in [7, 11) is 0. The van der Waals surface area contributed by atoms with E-state index in [0.29, 0.717) is 12.0 Å². The molecule has 1 aliphatic heterocycles. The first-order chi connectivity index (χ1) is 8.06. The summed E-state index contributed by atoms with van der Waals surface area (Å²) in [5.41, 5.74) is 0. The van der Waals surface area contributed by atoms with Gasteiger partial charge in [-0.15, -0.1) is 0 Å². The number of carbonyl (C=O) groups excluding carboxylic acids is 1. The van der Waals surface area contributed by atoms with Gasteiger partial charge >= 0.3 is 0 Å². The first-order valence-electron chi connectivity index (χ1n) is 6.80. The quantitative estimate of drug-likeness (QED) is 0.694. The summed E-state index contributed by atoms with van der Waals surface area (Å²) >= 11 is 0. The zero-order valence-corrected chi connectivity index (χ0v) is 11.6. The van der Waals surface area contributed by atoms with E-state index in [1.54, 1.807) is 0 Å². The maximum atomic E-state index is 12.0. The SMILES string of the molecule is CCN(C1CNC1)C(C)C(=O)NCCC(C)C. The molecule has 0 aromatic carbocycles. The van der Waals surface area contributed by atoms with Crippen LogP contribution in [0.3, 0.4) is 0 Å². The van der Waals surface area contributed by atoms with Gasteiger partial charge in [-0.3, -0.25) is 9.69 Å². The van der Waals surface area contributed by atoms with Gasteiger partial charge in [-0.25, -0.2) is 0 Å². The molecule has 1 atom stereocenters. The molecule has 0 aromatic heterocycles. The number of likely N-dealkylation sites (N-methyl/N-ethyl adjacent to an activating group) is 1. The van der Waals surface area contributed by atoms with E-state index in [2.05, 4.69) is 36.3 Å². The molecule has 1 unspecified atom stereocenters. The summed E-state index contributed by atoms with van der Waals surface area (Å²) in [6.07, 6.45) is 1.05. The summed E-state index contributed by atoms with van der Waals surface area (Å²) in [6.45, 7) is 12.2. The second-order valence-corrected chi connectivity index (χ2v) is 5.29. The van der Waals surface area contributed by atoms with E-state index in [4.69, 9.17) is 0 Å². The highest BCUT2D eigenvalue weighted by Crippen LogP contribution is 2.09. The van der Waals surface area contributed by atoms with E-state index < -0.39 is 0 Å². The largest absolute Gasteiger partial charge is 0.355 e. The van der Waals surface area contributed by atoms with Gasteiger partial charge in [-0.1, -0.05) is 20.8 Å². The van der Waals surface area contributed by atoms with Crippen LogP contribution in [0.1, 0.15) is 34.1 Å². The fraction of sp³-hybridized carbons (Fsp3) is 0.923. The third-order valence-corrected chi connectivity index (χ3v) is 3.49. The van der Waals surface area contributed by atoms with E-state index in [9.17, 15) is 4.79 Å². The van der Waals surface area contributed by atoms with Crippen molar-refractivity contribution in [3.05, 3.63) is 0 Å². The Labute approximate surface area is 105 Å². The highest BCUT2D eigenvalue weighted by Gasteiger charge is 2.30. The summed E-state index contributed by atoms with van der Waals surface area (Å²) in [5, 5.41) is 6.29. The number of nitrogens with one attached hydrogen (secondary N) is 2. The average Bonchev–Trinajstić information content (AvgIpc) is 2.21. The smallest absolute Gasteiger partial charge is 0.237 e. The van der Waals surface area contributed by atoms with E-state index in [1.165, 1.54) is 0 Å². The minimum Gasteiger partial charge on any atom is -0.355 e. The topological polar surface area (TPSA) is 44.4 Å². The average molecular weight is 241 g/mol. The van der Waals surface area contributed by atoms with Gasteiger partial charge in [0, 0.05) is 25.7 Å². The normalized spacial score (nSPS) is 18.2. The molecule has 0 bridgehead atoms. The van der Waals surface area contributed by atoms with Gasteiger partial charge in [-0.2, -0.15) is 0 Å². The van der Waals surface area contributed by atoms with Crippen LogP contribution in [-0.4, -0.2) is 49.1 Å². The second kappa shape index (κ2) is 6.97. The van der Waals surface area contributed by atoms with E-state index in [-0.39, 0.29) is 11.9 Å². The lowest BCUT2D eigenvalue weighted by Gasteiger charge is -2.40. The zero-order valence-electron chi connectivity index (χ0n) is 11.6. The molecule has 100 valence electrons. The Hall–Kier alpha value is -0.610. The van der Waals surface area contributed by atoms with Crippen LogP contribution >= 0.6 is 0 Å². The molecule has 4 heteroatoms. The fourth-order valence-electron chi connectivity index (χ4n) is 2.14. The molecule has 1 amide bonds. The van der Waals surface area contributed by atoms with Gasteiger partial charge < -0.3 is 10.6 Å². The number of hydrogen-bond donors (Lipinski definition) is 2. The van der Waals surface area contributed by atoms with Crippen LogP contribution in [0.4, 0.5) is 0 Å². The van der Waals surface area contributed by atoms with Gasteiger partial charge in [0.1, 0.15) is 0 Å². The molecule has 1 aliphatic rings. The molecule has 1 heterocycles. The predicted octanol–water partition coefficient (Wildman–Crippen LogP) is 0.831. The number of carbonyl (C=O) groups is 1. The molecule has 17 heavy (non-hydrogen) atoms. The van der Waals surface area contributed by atoms with Crippen molar-refractivity contribution in [3.8, 4) is 0 Å². The van der Waals surface area contributed by atoms with Crippen LogP contribution in [0.2, 0.25) is 0 Å². The molecule has 0 saturated carbocycles. The second-order valence-electron chi connectivity index (χ2n) is 5.29. The molecule has 0 aliphatic carbocycles. The Kier molecular flexibility index (Phi) is 5.92. The lowest BCUT2D eigenvalue weighted by molar-refractivity contribution is -0.127. The summed E-state index contributed by atoms with van der Waals surface area (Å²) < 4.78 is 0. The van der Waals surface area contributed by atoms with E-state index in [0.717, 1.165) is 32.6 Å². The Bertz CT molecular complexity index is 239. The first kappa shape index (κ1) is 14.5.